The lowest BCUT2D eigenvalue weighted by molar-refractivity contribution is 0.0696. The molecule has 5 nitrogen and oxygen atoms in total. The number of halogens is 1. The van der Waals surface area contributed by atoms with Gasteiger partial charge in [0.25, 0.3) is 0 Å². The number of hydrogen-bond donors (Lipinski definition) is 1. The van der Waals surface area contributed by atoms with Gasteiger partial charge in [-0.3, -0.25) is 0 Å². The van der Waals surface area contributed by atoms with E-state index in [2.05, 4.69) is 4.98 Å². The number of rotatable bonds is 4. The highest BCUT2D eigenvalue weighted by molar-refractivity contribution is 5.95. The standard InChI is InChI=1S/C12H13FN2O3/c1-7(5-13)18-10-4-8(12(16)17)3-9-11(10)14-6-15(9)2/h3-4,6-7H,5H2,1-2H3,(H,16,17). The molecule has 1 aromatic carbocycles. The molecule has 0 radical (unpaired) electrons. The number of carbonyl (C=O) groups is 1. The van der Waals surface area contributed by atoms with E-state index in [0.717, 1.165) is 0 Å². The van der Waals surface area contributed by atoms with Gasteiger partial charge < -0.3 is 14.4 Å². The average molecular weight is 252 g/mol. The van der Waals surface area contributed by atoms with E-state index in [1.54, 1.807) is 24.9 Å². The van der Waals surface area contributed by atoms with Crippen LogP contribution >= 0.6 is 0 Å². The van der Waals surface area contributed by atoms with Gasteiger partial charge in [-0.05, 0) is 19.1 Å². The Kier molecular flexibility index (Phi) is 3.18. The number of nitrogens with zero attached hydrogens (tertiary/aromatic N) is 2. The van der Waals surface area contributed by atoms with Crippen molar-refractivity contribution in [3.63, 3.8) is 0 Å². The van der Waals surface area contributed by atoms with Crippen LogP contribution in [0.15, 0.2) is 18.5 Å². The number of benzene rings is 1. The summed E-state index contributed by atoms with van der Waals surface area (Å²) in [6.45, 7) is 0.924. The van der Waals surface area contributed by atoms with Crippen LogP contribution < -0.4 is 4.74 Å². The largest absolute Gasteiger partial charge is 0.486 e. The Balaban J connectivity index is 2.58. The molecule has 96 valence electrons. The van der Waals surface area contributed by atoms with E-state index in [9.17, 15) is 9.18 Å². The molecule has 0 aliphatic heterocycles. The zero-order valence-electron chi connectivity index (χ0n) is 10.1. The molecule has 1 heterocycles. The summed E-state index contributed by atoms with van der Waals surface area (Å²) < 4.78 is 19.5. The molecule has 1 atom stereocenters. The van der Waals surface area contributed by atoms with Crippen LogP contribution in [-0.4, -0.2) is 33.4 Å². The molecule has 0 saturated heterocycles. The summed E-state index contributed by atoms with van der Waals surface area (Å²) in [6, 6.07) is 2.88. The molecule has 0 amide bonds. The molecular formula is C12H13FN2O3. The van der Waals surface area contributed by atoms with Crippen molar-refractivity contribution in [1.29, 1.82) is 0 Å². The van der Waals surface area contributed by atoms with Gasteiger partial charge in [-0.1, -0.05) is 0 Å². The Morgan fingerprint density at radius 2 is 2.33 bits per heavy atom. The van der Waals surface area contributed by atoms with Crippen LogP contribution in [-0.2, 0) is 7.05 Å². The highest BCUT2D eigenvalue weighted by Gasteiger charge is 2.15. The third-order valence-corrected chi connectivity index (χ3v) is 2.59. The number of carboxylic acids is 1. The minimum absolute atomic E-state index is 0.0900. The number of aryl methyl sites for hydroxylation is 1. The fraction of sp³-hybridized carbons (Fsp3) is 0.333. The first-order valence-electron chi connectivity index (χ1n) is 5.44. The van der Waals surface area contributed by atoms with Crippen LogP contribution in [0.5, 0.6) is 5.75 Å². The molecule has 2 rings (SSSR count). The van der Waals surface area contributed by atoms with E-state index in [0.29, 0.717) is 11.0 Å². The van der Waals surface area contributed by atoms with Crippen LogP contribution in [0.1, 0.15) is 17.3 Å². The van der Waals surface area contributed by atoms with E-state index in [-0.39, 0.29) is 11.3 Å². The lowest BCUT2D eigenvalue weighted by Crippen LogP contribution is -2.14. The topological polar surface area (TPSA) is 64.3 Å². The van der Waals surface area contributed by atoms with E-state index < -0.39 is 18.7 Å². The van der Waals surface area contributed by atoms with Gasteiger partial charge in [0, 0.05) is 7.05 Å². The number of imidazole rings is 1. The van der Waals surface area contributed by atoms with Gasteiger partial charge in [0.1, 0.15) is 24.0 Å². The van der Waals surface area contributed by atoms with Gasteiger partial charge in [0.05, 0.1) is 17.4 Å². The molecule has 0 bridgehead atoms. The van der Waals surface area contributed by atoms with Crippen molar-refractivity contribution in [2.24, 2.45) is 7.05 Å². The number of ether oxygens (including phenoxy) is 1. The Hall–Kier alpha value is -2.11. The van der Waals surface area contributed by atoms with Gasteiger partial charge in [0.15, 0.2) is 0 Å². The summed E-state index contributed by atoms with van der Waals surface area (Å²) in [4.78, 5) is 15.2. The summed E-state index contributed by atoms with van der Waals surface area (Å²) in [6.07, 6.45) is 0.919. The number of fused-ring (bicyclic) bond motifs is 1. The summed E-state index contributed by atoms with van der Waals surface area (Å²) in [5, 5.41) is 9.03. The van der Waals surface area contributed by atoms with Gasteiger partial charge >= 0.3 is 5.97 Å². The van der Waals surface area contributed by atoms with Crippen molar-refractivity contribution in [1.82, 2.24) is 9.55 Å². The quantitative estimate of drug-likeness (QED) is 0.904. The Morgan fingerprint density at radius 1 is 1.61 bits per heavy atom. The second-order valence-corrected chi connectivity index (χ2v) is 4.09. The van der Waals surface area contributed by atoms with Crippen LogP contribution in [0.3, 0.4) is 0 Å². The molecule has 18 heavy (non-hydrogen) atoms. The highest BCUT2D eigenvalue weighted by Crippen LogP contribution is 2.27. The predicted octanol–water partition coefficient (Wildman–Crippen LogP) is 2.01. The molecule has 1 N–H and O–H groups in total. The van der Waals surface area contributed by atoms with Gasteiger partial charge in [-0.2, -0.15) is 0 Å². The first-order valence-corrected chi connectivity index (χ1v) is 5.44. The molecule has 0 fully saturated rings. The summed E-state index contributed by atoms with van der Waals surface area (Å²) in [5.41, 5.74) is 1.26. The van der Waals surface area contributed by atoms with Gasteiger partial charge in [-0.25, -0.2) is 14.2 Å². The summed E-state index contributed by atoms with van der Waals surface area (Å²) in [5.74, 6) is -0.772. The highest BCUT2D eigenvalue weighted by atomic mass is 19.1. The van der Waals surface area contributed by atoms with Gasteiger partial charge in [0.2, 0.25) is 0 Å². The van der Waals surface area contributed by atoms with Crippen LogP contribution in [0.25, 0.3) is 11.0 Å². The number of aromatic carboxylic acids is 1. The fourth-order valence-corrected chi connectivity index (χ4v) is 1.66. The zero-order chi connectivity index (χ0) is 13.3. The van der Waals surface area contributed by atoms with Crippen molar-refractivity contribution in [2.75, 3.05) is 6.67 Å². The summed E-state index contributed by atoms with van der Waals surface area (Å²) in [7, 11) is 1.75. The predicted molar refractivity (Wildman–Crippen MR) is 63.7 cm³/mol. The first kappa shape index (κ1) is 12.3. The van der Waals surface area contributed by atoms with Crippen LogP contribution in [0.2, 0.25) is 0 Å². The maximum atomic E-state index is 12.5. The number of aromatic nitrogens is 2. The molecule has 1 unspecified atom stereocenters. The number of hydrogen-bond acceptors (Lipinski definition) is 3. The van der Waals surface area contributed by atoms with Crippen molar-refractivity contribution < 1.29 is 19.0 Å². The van der Waals surface area contributed by atoms with Crippen LogP contribution in [0, 0.1) is 0 Å². The zero-order valence-corrected chi connectivity index (χ0v) is 10.1. The Morgan fingerprint density at radius 3 is 2.94 bits per heavy atom. The van der Waals surface area contributed by atoms with Crippen molar-refractivity contribution >= 4 is 17.0 Å². The lowest BCUT2D eigenvalue weighted by atomic mass is 10.2. The fourth-order valence-electron chi connectivity index (χ4n) is 1.66. The van der Waals surface area contributed by atoms with Crippen LogP contribution in [0.4, 0.5) is 4.39 Å². The molecule has 2 aromatic rings. The second kappa shape index (κ2) is 4.64. The van der Waals surface area contributed by atoms with Crippen molar-refractivity contribution in [3.05, 3.63) is 24.0 Å². The van der Waals surface area contributed by atoms with Gasteiger partial charge in [-0.15, -0.1) is 0 Å². The molecular weight excluding hydrogens is 239 g/mol. The van der Waals surface area contributed by atoms with Crippen molar-refractivity contribution in [3.8, 4) is 5.75 Å². The number of carboxylic acid groups (broad SMARTS) is 1. The number of alkyl halides is 1. The first-order chi connectivity index (χ1) is 8.52. The normalized spacial score (nSPS) is 12.6. The molecule has 0 saturated carbocycles. The summed E-state index contributed by atoms with van der Waals surface area (Å²) >= 11 is 0. The van der Waals surface area contributed by atoms with E-state index in [1.165, 1.54) is 12.1 Å². The third-order valence-electron chi connectivity index (χ3n) is 2.59. The van der Waals surface area contributed by atoms with E-state index in [1.807, 2.05) is 0 Å². The third kappa shape index (κ3) is 2.13. The molecule has 1 aromatic heterocycles. The Labute approximate surface area is 103 Å². The average Bonchev–Trinajstić information content (AvgIpc) is 2.71. The maximum Gasteiger partial charge on any atom is 0.335 e. The minimum Gasteiger partial charge on any atom is -0.486 e. The molecule has 0 aliphatic carbocycles. The van der Waals surface area contributed by atoms with Crippen molar-refractivity contribution in [2.45, 2.75) is 13.0 Å². The minimum atomic E-state index is -1.06. The SMILES string of the molecule is CC(CF)Oc1cc(C(=O)O)cc2c1ncn2C. The smallest absolute Gasteiger partial charge is 0.335 e. The second-order valence-electron chi connectivity index (χ2n) is 4.09. The molecule has 6 heteroatoms. The Bertz CT molecular complexity index is 594. The maximum absolute atomic E-state index is 12.5. The molecule has 0 aliphatic rings. The van der Waals surface area contributed by atoms with E-state index in [4.69, 9.17) is 9.84 Å². The van der Waals surface area contributed by atoms with E-state index >= 15 is 0 Å². The molecule has 0 spiro atoms. The lowest BCUT2D eigenvalue weighted by Gasteiger charge is -2.12. The monoisotopic (exact) mass is 252 g/mol.